The van der Waals surface area contributed by atoms with Crippen molar-refractivity contribution in [2.75, 3.05) is 0 Å². The van der Waals surface area contributed by atoms with E-state index in [1.54, 1.807) is 6.07 Å². The molecule has 3 rings (SSSR count). The standard InChI is InChI=1S/C16H14ClN3O/c1-9-6-7-11(17)8-13(9)19-20-15-12-5-3-4-10(2)14(12)18-16(15)21/h3-8,18,21H,1-2H3. The lowest BCUT2D eigenvalue weighted by atomic mass is 10.1. The van der Waals surface area contributed by atoms with Gasteiger partial charge in [0, 0.05) is 10.4 Å². The number of aromatic amines is 1. The number of rotatable bonds is 2. The van der Waals surface area contributed by atoms with E-state index in [0.717, 1.165) is 22.0 Å². The average molecular weight is 300 g/mol. The van der Waals surface area contributed by atoms with E-state index in [2.05, 4.69) is 15.2 Å². The SMILES string of the molecule is Cc1ccc(Cl)cc1N=Nc1c(O)[nH]c2c(C)cccc12. The molecule has 0 saturated heterocycles. The molecular weight excluding hydrogens is 286 g/mol. The molecule has 0 spiro atoms. The minimum Gasteiger partial charge on any atom is -0.493 e. The zero-order valence-electron chi connectivity index (χ0n) is 11.7. The zero-order valence-corrected chi connectivity index (χ0v) is 12.4. The van der Waals surface area contributed by atoms with Crippen LogP contribution >= 0.6 is 11.6 Å². The fraction of sp³-hybridized carbons (Fsp3) is 0.125. The molecule has 106 valence electrons. The van der Waals surface area contributed by atoms with Crippen LogP contribution in [0.5, 0.6) is 5.88 Å². The Hall–Kier alpha value is -2.33. The lowest BCUT2D eigenvalue weighted by Crippen LogP contribution is -1.74. The second-order valence-electron chi connectivity index (χ2n) is 4.95. The Kier molecular flexibility index (Phi) is 3.39. The summed E-state index contributed by atoms with van der Waals surface area (Å²) < 4.78 is 0. The molecule has 2 aromatic carbocycles. The molecule has 0 fully saturated rings. The number of benzene rings is 2. The maximum absolute atomic E-state index is 10.0. The maximum atomic E-state index is 10.0. The van der Waals surface area contributed by atoms with Gasteiger partial charge in [0.15, 0.2) is 5.69 Å². The minimum absolute atomic E-state index is 0.0164. The molecule has 1 heterocycles. The van der Waals surface area contributed by atoms with Crippen molar-refractivity contribution < 1.29 is 5.11 Å². The van der Waals surface area contributed by atoms with Gasteiger partial charge in [0.2, 0.25) is 5.88 Å². The Balaban J connectivity index is 2.09. The lowest BCUT2D eigenvalue weighted by molar-refractivity contribution is 0.459. The van der Waals surface area contributed by atoms with Gasteiger partial charge in [0.25, 0.3) is 0 Å². The molecule has 0 atom stereocenters. The van der Waals surface area contributed by atoms with Crippen LogP contribution < -0.4 is 0 Å². The minimum atomic E-state index is 0.0164. The van der Waals surface area contributed by atoms with Crippen molar-refractivity contribution in [2.45, 2.75) is 13.8 Å². The van der Waals surface area contributed by atoms with Crippen LogP contribution in [0.15, 0.2) is 46.6 Å². The molecule has 4 nitrogen and oxygen atoms in total. The number of nitrogens with one attached hydrogen (secondary N) is 1. The molecule has 0 aliphatic heterocycles. The van der Waals surface area contributed by atoms with Gasteiger partial charge < -0.3 is 10.1 Å². The van der Waals surface area contributed by atoms with Gasteiger partial charge in [0.05, 0.1) is 11.2 Å². The Morgan fingerprint density at radius 2 is 1.86 bits per heavy atom. The zero-order chi connectivity index (χ0) is 15.0. The molecule has 0 unspecified atom stereocenters. The van der Waals surface area contributed by atoms with Crippen LogP contribution in [0.1, 0.15) is 11.1 Å². The fourth-order valence-electron chi connectivity index (χ4n) is 2.23. The van der Waals surface area contributed by atoms with E-state index in [1.165, 1.54) is 0 Å². The highest BCUT2D eigenvalue weighted by Crippen LogP contribution is 2.37. The van der Waals surface area contributed by atoms with E-state index >= 15 is 0 Å². The predicted octanol–water partition coefficient (Wildman–Crippen LogP) is 5.56. The van der Waals surface area contributed by atoms with Crippen LogP contribution in [0.4, 0.5) is 11.4 Å². The molecule has 0 aliphatic carbocycles. The van der Waals surface area contributed by atoms with Crippen molar-refractivity contribution in [1.82, 2.24) is 4.98 Å². The normalized spacial score (nSPS) is 11.6. The van der Waals surface area contributed by atoms with Crippen molar-refractivity contribution >= 4 is 33.9 Å². The van der Waals surface area contributed by atoms with Gasteiger partial charge in [-0.2, -0.15) is 5.11 Å². The summed E-state index contributed by atoms with van der Waals surface area (Å²) in [7, 11) is 0. The van der Waals surface area contributed by atoms with E-state index < -0.39 is 0 Å². The van der Waals surface area contributed by atoms with Crippen LogP contribution in [0, 0.1) is 13.8 Å². The van der Waals surface area contributed by atoms with E-state index in [1.807, 2.05) is 44.2 Å². The average Bonchev–Trinajstić information content (AvgIpc) is 2.77. The molecule has 3 aromatic rings. The van der Waals surface area contributed by atoms with Crippen molar-refractivity contribution in [2.24, 2.45) is 10.2 Å². The van der Waals surface area contributed by atoms with Gasteiger partial charge in [-0.3, -0.25) is 0 Å². The highest BCUT2D eigenvalue weighted by Gasteiger charge is 2.11. The van der Waals surface area contributed by atoms with Gasteiger partial charge in [-0.05, 0) is 37.1 Å². The topological polar surface area (TPSA) is 60.7 Å². The molecule has 0 bridgehead atoms. The fourth-order valence-corrected chi connectivity index (χ4v) is 2.40. The first-order valence-electron chi connectivity index (χ1n) is 6.54. The number of azo groups is 1. The van der Waals surface area contributed by atoms with Crippen molar-refractivity contribution in [3.05, 3.63) is 52.5 Å². The number of H-pyrrole nitrogens is 1. The van der Waals surface area contributed by atoms with Crippen LogP contribution in [-0.2, 0) is 0 Å². The summed E-state index contributed by atoms with van der Waals surface area (Å²) in [6.45, 7) is 3.91. The molecule has 21 heavy (non-hydrogen) atoms. The van der Waals surface area contributed by atoms with E-state index in [0.29, 0.717) is 16.4 Å². The molecule has 1 aromatic heterocycles. The first kappa shape index (κ1) is 13.6. The van der Waals surface area contributed by atoms with Crippen molar-refractivity contribution in [3.63, 3.8) is 0 Å². The van der Waals surface area contributed by atoms with Gasteiger partial charge in [-0.25, -0.2) is 0 Å². The van der Waals surface area contributed by atoms with Gasteiger partial charge >= 0.3 is 0 Å². The number of aromatic hydroxyl groups is 1. The van der Waals surface area contributed by atoms with Crippen LogP contribution in [-0.4, -0.2) is 10.1 Å². The molecule has 0 amide bonds. The maximum Gasteiger partial charge on any atom is 0.218 e. The van der Waals surface area contributed by atoms with Crippen molar-refractivity contribution in [1.29, 1.82) is 0 Å². The number of hydrogen-bond acceptors (Lipinski definition) is 3. The highest BCUT2D eigenvalue weighted by molar-refractivity contribution is 6.30. The number of aromatic nitrogens is 1. The Morgan fingerprint density at radius 3 is 2.67 bits per heavy atom. The molecular formula is C16H14ClN3O. The van der Waals surface area contributed by atoms with Gasteiger partial charge in [0.1, 0.15) is 0 Å². The van der Waals surface area contributed by atoms with E-state index in [4.69, 9.17) is 11.6 Å². The second kappa shape index (κ2) is 5.22. The Morgan fingerprint density at radius 1 is 1.05 bits per heavy atom. The number of halogens is 1. The van der Waals surface area contributed by atoms with E-state index in [-0.39, 0.29) is 5.88 Å². The first-order valence-corrected chi connectivity index (χ1v) is 6.92. The number of nitrogens with zero attached hydrogens (tertiary/aromatic N) is 2. The van der Waals surface area contributed by atoms with Gasteiger partial charge in [-0.1, -0.05) is 35.9 Å². The number of fused-ring (bicyclic) bond motifs is 1. The summed E-state index contributed by atoms with van der Waals surface area (Å²) in [6.07, 6.45) is 0. The lowest BCUT2D eigenvalue weighted by Gasteiger charge is -1.99. The van der Waals surface area contributed by atoms with Gasteiger partial charge in [-0.15, -0.1) is 5.11 Å². The third kappa shape index (κ3) is 2.50. The third-order valence-corrected chi connectivity index (χ3v) is 3.66. The smallest absolute Gasteiger partial charge is 0.218 e. The summed E-state index contributed by atoms with van der Waals surface area (Å²) in [5.41, 5.74) is 4.01. The quantitative estimate of drug-likeness (QED) is 0.598. The summed E-state index contributed by atoms with van der Waals surface area (Å²) in [5, 5.41) is 19.9. The number of para-hydroxylation sites is 1. The molecule has 5 heteroatoms. The van der Waals surface area contributed by atoms with Crippen LogP contribution in [0.25, 0.3) is 10.9 Å². The third-order valence-electron chi connectivity index (χ3n) is 3.42. The monoisotopic (exact) mass is 299 g/mol. The van der Waals surface area contributed by atoms with E-state index in [9.17, 15) is 5.11 Å². The summed E-state index contributed by atoms with van der Waals surface area (Å²) in [5.74, 6) is 0.0164. The van der Waals surface area contributed by atoms with Crippen molar-refractivity contribution in [3.8, 4) is 5.88 Å². The Labute approximate surface area is 127 Å². The van der Waals surface area contributed by atoms with Crippen LogP contribution in [0.2, 0.25) is 5.02 Å². The predicted molar refractivity (Wildman–Crippen MR) is 85.1 cm³/mol. The Bertz CT molecular complexity index is 852. The first-order chi connectivity index (χ1) is 10.1. The summed E-state index contributed by atoms with van der Waals surface area (Å²) >= 11 is 5.97. The molecule has 0 radical (unpaired) electrons. The number of aryl methyl sites for hydroxylation is 2. The molecule has 0 saturated carbocycles. The second-order valence-corrected chi connectivity index (χ2v) is 5.39. The number of hydrogen-bond donors (Lipinski definition) is 2. The summed E-state index contributed by atoms with van der Waals surface area (Å²) in [4.78, 5) is 2.93. The summed E-state index contributed by atoms with van der Waals surface area (Å²) in [6, 6.07) is 11.2. The highest BCUT2D eigenvalue weighted by atomic mass is 35.5. The molecule has 0 aliphatic rings. The largest absolute Gasteiger partial charge is 0.493 e. The molecule has 2 N–H and O–H groups in total. The van der Waals surface area contributed by atoms with Crippen LogP contribution in [0.3, 0.4) is 0 Å².